The summed E-state index contributed by atoms with van der Waals surface area (Å²) < 4.78 is 13.1. The van der Waals surface area contributed by atoms with E-state index in [1.54, 1.807) is 4.90 Å². The third kappa shape index (κ3) is 5.31. The molecular formula is C25H30FN3O2. The van der Waals surface area contributed by atoms with E-state index in [9.17, 15) is 14.0 Å². The summed E-state index contributed by atoms with van der Waals surface area (Å²) in [5.41, 5.74) is 1.73. The summed E-state index contributed by atoms with van der Waals surface area (Å²) in [6, 6.07) is 16.2. The van der Waals surface area contributed by atoms with Crippen molar-refractivity contribution in [2.75, 3.05) is 32.7 Å². The average molecular weight is 424 g/mol. The van der Waals surface area contributed by atoms with Crippen LogP contribution in [-0.4, -0.2) is 54.3 Å². The van der Waals surface area contributed by atoms with Crippen LogP contribution in [-0.2, 0) is 4.79 Å². The minimum atomic E-state index is -0.352. The normalized spacial score (nSPS) is 18.7. The van der Waals surface area contributed by atoms with Crippen LogP contribution < -0.4 is 5.32 Å². The molecule has 2 aliphatic heterocycles. The zero-order valence-electron chi connectivity index (χ0n) is 17.8. The Balaban J connectivity index is 1.30. The lowest BCUT2D eigenvalue weighted by Crippen LogP contribution is -2.44. The largest absolute Gasteiger partial charge is 0.354 e. The highest BCUT2D eigenvalue weighted by atomic mass is 19.1. The fourth-order valence-corrected chi connectivity index (χ4v) is 4.65. The highest BCUT2D eigenvalue weighted by molar-refractivity contribution is 5.94. The molecule has 2 amide bonds. The van der Waals surface area contributed by atoms with E-state index in [1.807, 2.05) is 18.2 Å². The van der Waals surface area contributed by atoms with Gasteiger partial charge in [-0.05, 0) is 68.6 Å². The molecule has 0 bridgehead atoms. The molecule has 2 aliphatic rings. The van der Waals surface area contributed by atoms with Gasteiger partial charge in [0.25, 0.3) is 5.91 Å². The smallest absolute Gasteiger partial charge is 0.253 e. The van der Waals surface area contributed by atoms with Gasteiger partial charge >= 0.3 is 0 Å². The van der Waals surface area contributed by atoms with Crippen LogP contribution >= 0.6 is 0 Å². The topological polar surface area (TPSA) is 52.7 Å². The number of piperidine rings is 1. The van der Waals surface area contributed by atoms with Gasteiger partial charge in [0.05, 0.1) is 6.04 Å². The fraction of sp³-hybridized carbons (Fsp3) is 0.440. The van der Waals surface area contributed by atoms with Crippen LogP contribution in [0.3, 0.4) is 0 Å². The Morgan fingerprint density at radius 1 is 0.935 bits per heavy atom. The minimum Gasteiger partial charge on any atom is -0.354 e. The molecule has 0 aliphatic carbocycles. The molecule has 2 heterocycles. The molecule has 1 N–H and O–H groups in total. The SMILES string of the molecule is O=C(NCC(c1ccccc1)N1CCCC1)C1CCN(C(=O)c2ccc(F)cc2)CC1. The molecule has 0 aromatic heterocycles. The van der Waals surface area contributed by atoms with Gasteiger partial charge in [-0.2, -0.15) is 0 Å². The third-order valence-corrected chi connectivity index (χ3v) is 6.48. The number of hydrogen-bond donors (Lipinski definition) is 1. The molecule has 0 radical (unpaired) electrons. The van der Waals surface area contributed by atoms with Crippen LogP contribution in [0.5, 0.6) is 0 Å². The molecule has 2 saturated heterocycles. The highest BCUT2D eigenvalue weighted by Crippen LogP contribution is 2.25. The standard InChI is InChI=1S/C25H30FN3O2/c26-22-10-8-21(9-11-22)25(31)29-16-12-20(13-17-29)24(30)27-18-23(28-14-4-5-15-28)19-6-2-1-3-7-19/h1-3,6-11,20,23H,4-5,12-18H2,(H,27,30). The maximum Gasteiger partial charge on any atom is 0.253 e. The Kier molecular flexibility index (Phi) is 6.97. The summed E-state index contributed by atoms with van der Waals surface area (Å²) in [4.78, 5) is 29.7. The molecule has 4 rings (SSSR count). The lowest BCUT2D eigenvalue weighted by atomic mass is 9.95. The number of hydrogen-bond acceptors (Lipinski definition) is 3. The second kappa shape index (κ2) is 10.1. The molecule has 2 aromatic carbocycles. The van der Waals surface area contributed by atoms with Gasteiger partial charge in [-0.3, -0.25) is 14.5 Å². The molecule has 31 heavy (non-hydrogen) atoms. The fourth-order valence-electron chi connectivity index (χ4n) is 4.65. The second-order valence-corrected chi connectivity index (χ2v) is 8.49. The molecular weight excluding hydrogens is 393 g/mol. The summed E-state index contributed by atoms with van der Waals surface area (Å²) >= 11 is 0. The van der Waals surface area contributed by atoms with E-state index in [-0.39, 0.29) is 29.6 Å². The highest BCUT2D eigenvalue weighted by Gasteiger charge is 2.29. The van der Waals surface area contributed by atoms with Gasteiger partial charge in [0.1, 0.15) is 5.82 Å². The Hall–Kier alpha value is -2.73. The monoisotopic (exact) mass is 423 g/mol. The van der Waals surface area contributed by atoms with E-state index >= 15 is 0 Å². The molecule has 1 unspecified atom stereocenters. The van der Waals surface area contributed by atoms with Gasteiger partial charge in [-0.15, -0.1) is 0 Å². The van der Waals surface area contributed by atoms with Crippen LogP contribution in [0.25, 0.3) is 0 Å². The van der Waals surface area contributed by atoms with Crippen LogP contribution in [0.1, 0.15) is 47.6 Å². The minimum absolute atomic E-state index is 0.0766. The van der Waals surface area contributed by atoms with Crippen molar-refractivity contribution in [3.05, 3.63) is 71.5 Å². The summed E-state index contributed by atoms with van der Waals surface area (Å²) in [6.45, 7) is 3.83. The quantitative estimate of drug-likeness (QED) is 0.772. The summed E-state index contributed by atoms with van der Waals surface area (Å²) in [7, 11) is 0. The molecule has 5 nitrogen and oxygen atoms in total. The lowest BCUT2D eigenvalue weighted by Gasteiger charge is -2.32. The second-order valence-electron chi connectivity index (χ2n) is 8.49. The van der Waals surface area contributed by atoms with Gasteiger partial charge in [-0.1, -0.05) is 30.3 Å². The van der Waals surface area contributed by atoms with Crippen molar-refractivity contribution in [3.8, 4) is 0 Å². The van der Waals surface area contributed by atoms with Crippen molar-refractivity contribution < 1.29 is 14.0 Å². The van der Waals surface area contributed by atoms with Crippen molar-refractivity contribution in [2.24, 2.45) is 5.92 Å². The van der Waals surface area contributed by atoms with Crippen molar-refractivity contribution in [2.45, 2.75) is 31.7 Å². The number of likely N-dealkylation sites (tertiary alicyclic amines) is 2. The van der Waals surface area contributed by atoms with E-state index in [1.165, 1.54) is 42.7 Å². The molecule has 0 saturated carbocycles. The Morgan fingerprint density at radius 2 is 1.58 bits per heavy atom. The summed E-state index contributed by atoms with van der Waals surface area (Å²) in [5, 5.41) is 3.18. The predicted molar refractivity (Wildman–Crippen MR) is 118 cm³/mol. The number of halogens is 1. The molecule has 164 valence electrons. The third-order valence-electron chi connectivity index (χ3n) is 6.48. The number of carbonyl (C=O) groups is 2. The number of benzene rings is 2. The van der Waals surface area contributed by atoms with Crippen LogP contribution in [0, 0.1) is 11.7 Å². The summed E-state index contributed by atoms with van der Waals surface area (Å²) in [6.07, 6.45) is 3.71. The van der Waals surface area contributed by atoms with E-state index in [0.29, 0.717) is 38.0 Å². The van der Waals surface area contributed by atoms with E-state index < -0.39 is 0 Å². The first kappa shape index (κ1) is 21.5. The van der Waals surface area contributed by atoms with Gasteiger partial charge in [-0.25, -0.2) is 4.39 Å². The Bertz CT molecular complexity index is 873. The van der Waals surface area contributed by atoms with Gasteiger partial charge in [0.15, 0.2) is 0 Å². The maximum atomic E-state index is 13.1. The van der Waals surface area contributed by atoms with E-state index in [4.69, 9.17) is 0 Å². The average Bonchev–Trinajstić information content (AvgIpc) is 3.34. The number of amides is 2. The van der Waals surface area contributed by atoms with Crippen molar-refractivity contribution in [3.63, 3.8) is 0 Å². The predicted octanol–water partition coefficient (Wildman–Crippen LogP) is 3.63. The molecule has 2 fully saturated rings. The first-order chi connectivity index (χ1) is 15.1. The van der Waals surface area contributed by atoms with Crippen molar-refractivity contribution >= 4 is 11.8 Å². The van der Waals surface area contributed by atoms with Crippen molar-refractivity contribution in [1.82, 2.24) is 15.1 Å². The molecule has 1 atom stereocenters. The number of carbonyl (C=O) groups excluding carboxylic acids is 2. The van der Waals surface area contributed by atoms with Crippen molar-refractivity contribution in [1.29, 1.82) is 0 Å². The molecule has 0 spiro atoms. The zero-order chi connectivity index (χ0) is 21.6. The zero-order valence-corrected chi connectivity index (χ0v) is 17.8. The van der Waals surface area contributed by atoms with Crippen LogP contribution in [0.2, 0.25) is 0 Å². The van der Waals surface area contributed by atoms with Gasteiger partial charge in [0, 0.05) is 31.1 Å². The number of nitrogens with one attached hydrogen (secondary N) is 1. The van der Waals surface area contributed by atoms with E-state index in [0.717, 1.165) is 13.1 Å². The lowest BCUT2D eigenvalue weighted by molar-refractivity contribution is -0.126. The maximum absolute atomic E-state index is 13.1. The first-order valence-electron chi connectivity index (χ1n) is 11.2. The van der Waals surface area contributed by atoms with Gasteiger partial charge < -0.3 is 10.2 Å². The van der Waals surface area contributed by atoms with Crippen LogP contribution in [0.4, 0.5) is 4.39 Å². The number of nitrogens with zero attached hydrogens (tertiary/aromatic N) is 2. The van der Waals surface area contributed by atoms with E-state index in [2.05, 4.69) is 22.3 Å². The van der Waals surface area contributed by atoms with Crippen LogP contribution in [0.15, 0.2) is 54.6 Å². The Labute approximate surface area is 183 Å². The van der Waals surface area contributed by atoms with Gasteiger partial charge in [0.2, 0.25) is 5.91 Å². The summed E-state index contributed by atoms with van der Waals surface area (Å²) in [5.74, 6) is -0.451. The molecule has 6 heteroatoms. The molecule has 2 aromatic rings. The first-order valence-corrected chi connectivity index (χ1v) is 11.2. The number of rotatable bonds is 6. The Morgan fingerprint density at radius 3 is 2.23 bits per heavy atom.